The fraction of sp³-hybridized carbons (Fsp3) is 0.259. The molecule has 0 fully saturated rings. The Morgan fingerprint density at radius 1 is 0.857 bits per heavy atom. The lowest BCUT2D eigenvalue weighted by atomic mass is 9.82. The molecule has 3 aromatic rings. The number of phenolic OH excluding ortho intramolecular Hbond substituents is 1. The van der Waals surface area contributed by atoms with Crippen LogP contribution in [0.4, 0.5) is 22.0 Å². The van der Waals surface area contributed by atoms with Gasteiger partial charge in [0.05, 0.1) is 6.61 Å². The third-order valence-corrected chi connectivity index (χ3v) is 6.03. The molecule has 184 valence electrons. The van der Waals surface area contributed by atoms with E-state index >= 15 is 0 Å². The summed E-state index contributed by atoms with van der Waals surface area (Å²) in [6.45, 7) is 1.66. The number of ether oxygens (including phenoxy) is 2. The van der Waals surface area contributed by atoms with Gasteiger partial charge < -0.3 is 14.6 Å². The van der Waals surface area contributed by atoms with Crippen molar-refractivity contribution in [3.05, 3.63) is 94.3 Å². The molecule has 4 rings (SSSR count). The number of benzene rings is 3. The van der Waals surface area contributed by atoms with Crippen LogP contribution < -0.4 is 9.47 Å². The summed E-state index contributed by atoms with van der Waals surface area (Å²) in [6, 6.07) is 9.48. The van der Waals surface area contributed by atoms with E-state index in [2.05, 4.69) is 0 Å². The smallest absolute Gasteiger partial charge is 0.204 e. The second kappa shape index (κ2) is 10.4. The molecular formula is C27H23F5O3. The van der Waals surface area contributed by atoms with E-state index in [0.29, 0.717) is 30.4 Å². The minimum Gasteiger partial charge on any atom is -0.505 e. The number of allylic oxidation sites excluding steroid dienone is 2. The van der Waals surface area contributed by atoms with Crippen LogP contribution in [0, 0.1) is 29.1 Å². The molecule has 1 aliphatic carbocycles. The van der Waals surface area contributed by atoms with E-state index < -0.39 is 34.8 Å². The second-order valence-electron chi connectivity index (χ2n) is 8.23. The highest BCUT2D eigenvalue weighted by molar-refractivity contribution is 5.67. The molecule has 0 radical (unpaired) electrons. The normalized spacial score (nSPS) is 15.6. The van der Waals surface area contributed by atoms with Crippen LogP contribution in [-0.2, 0) is 6.61 Å². The molecule has 0 amide bonds. The summed E-state index contributed by atoms with van der Waals surface area (Å²) in [5.41, 5.74) is 1.73. The van der Waals surface area contributed by atoms with Crippen LogP contribution in [0.1, 0.15) is 48.8 Å². The van der Waals surface area contributed by atoms with Gasteiger partial charge in [-0.15, -0.1) is 0 Å². The van der Waals surface area contributed by atoms with Gasteiger partial charge in [0.1, 0.15) is 12.4 Å². The second-order valence-corrected chi connectivity index (χ2v) is 8.23. The lowest BCUT2D eigenvalue weighted by molar-refractivity contribution is 0.274. The van der Waals surface area contributed by atoms with E-state index in [1.165, 1.54) is 24.3 Å². The van der Waals surface area contributed by atoms with Crippen LogP contribution in [0.2, 0.25) is 0 Å². The van der Waals surface area contributed by atoms with E-state index in [1.807, 2.05) is 0 Å². The Balaban J connectivity index is 1.44. The highest BCUT2D eigenvalue weighted by Gasteiger charge is 2.24. The molecule has 3 aromatic carbocycles. The molecule has 1 N–H and O–H groups in total. The maximum atomic E-state index is 14.8. The van der Waals surface area contributed by atoms with Crippen molar-refractivity contribution in [3.63, 3.8) is 0 Å². The summed E-state index contributed by atoms with van der Waals surface area (Å²) in [5.74, 6) is -6.71. The minimum atomic E-state index is -1.27. The molecule has 0 bridgehead atoms. The van der Waals surface area contributed by atoms with Crippen molar-refractivity contribution in [1.82, 2.24) is 0 Å². The van der Waals surface area contributed by atoms with Gasteiger partial charge in [-0.3, -0.25) is 0 Å². The average molecular weight is 490 g/mol. The van der Waals surface area contributed by atoms with Crippen molar-refractivity contribution in [2.24, 2.45) is 0 Å². The number of halogens is 5. The van der Waals surface area contributed by atoms with Crippen molar-refractivity contribution in [2.75, 3.05) is 6.61 Å². The number of hydrogen-bond acceptors (Lipinski definition) is 3. The summed E-state index contributed by atoms with van der Waals surface area (Å²) in [5, 5.41) is 9.31. The van der Waals surface area contributed by atoms with Gasteiger partial charge in [0.15, 0.2) is 23.1 Å². The quantitative estimate of drug-likeness (QED) is 0.351. The fourth-order valence-corrected chi connectivity index (χ4v) is 4.19. The van der Waals surface area contributed by atoms with Crippen molar-refractivity contribution in [3.8, 4) is 17.2 Å². The van der Waals surface area contributed by atoms with Crippen molar-refractivity contribution in [2.45, 2.75) is 38.7 Å². The van der Waals surface area contributed by atoms with Crippen LogP contribution in [0.25, 0.3) is 5.57 Å². The van der Waals surface area contributed by atoms with Gasteiger partial charge in [0, 0.05) is 5.56 Å². The third kappa shape index (κ3) is 5.11. The maximum absolute atomic E-state index is 14.8. The molecule has 0 saturated heterocycles. The molecule has 1 aliphatic rings. The standard InChI is InChI=1S/C27H23F5O3/c1-2-34-22-11-12-23(27(32)26(22)31)35-14-15-3-8-18(20(28)13-15)16-4-6-17(7-5-16)19-9-10-21(33)25(30)24(19)29/h3-4,8-13,17,33H,2,5-7,14H2,1H3. The highest BCUT2D eigenvalue weighted by Crippen LogP contribution is 2.39. The fourth-order valence-electron chi connectivity index (χ4n) is 4.19. The molecule has 1 atom stereocenters. The Kier molecular flexibility index (Phi) is 7.28. The van der Waals surface area contributed by atoms with Crippen molar-refractivity contribution in [1.29, 1.82) is 0 Å². The molecule has 8 heteroatoms. The zero-order valence-corrected chi connectivity index (χ0v) is 18.9. The summed E-state index contributed by atoms with van der Waals surface area (Å²) >= 11 is 0. The van der Waals surface area contributed by atoms with Crippen LogP contribution in [0.5, 0.6) is 17.2 Å². The third-order valence-electron chi connectivity index (χ3n) is 6.03. The summed E-state index contributed by atoms with van der Waals surface area (Å²) in [7, 11) is 0. The molecule has 0 saturated carbocycles. The molecule has 35 heavy (non-hydrogen) atoms. The molecule has 0 heterocycles. The molecule has 3 nitrogen and oxygen atoms in total. The number of phenols is 1. The summed E-state index contributed by atoms with van der Waals surface area (Å²) < 4.78 is 81.2. The Labute approximate surface area is 199 Å². The molecule has 0 aliphatic heterocycles. The Morgan fingerprint density at radius 2 is 1.57 bits per heavy atom. The maximum Gasteiger partial charge on any atom is 0.204 e. The van der Waals surface area contributed by atoms with Gasteiger partial charge in [-0.05, 0) is 73.1 Å². The Morgan fingerprint density at radius 3 is 2.20 bits per heavy atom. The molecule has 1 unspecified atom stereocenters. The lowest BCUT2D eigenvalue weighted by Crippen LogP contribution is -2.08. The van der Waals surface area contributed by atoms with Gasteiger partial charge >= 0.3 is 0 Å². The van der Waals surface area contributed by atoms with E-state index in [9.17, 15) is 27.1 Å². The van der Waals surface area contributed by atoms with Crippen molar-refractivity contribution >= 4 is 5.57 Å². The van der Waals surface area contributed by atoms with Gasteiger partial charge in [0.2, 0.25) is 17.5 Å². The number of rotatable bonds is 7. The van der Waals surface area contributed by atoms with Gasteiger partial charge in [-0.25, -0.2) is 8.78 Å². The van der Waals surface area contributed by atoms with E-state index in [0.717, 1.165) is 11.6 Å². The van der Waals surface area contributed by atoms with E-state index in [4.69, 9.17) is 9.47 Å². The van der Waals surface area contributed by atoms with Crippen LogP contribution in [0.15, 0.2) is 48.5 Å². The molecular weight excluding hydrogens is 467 g/mol. The summed E-state index contributed by atoms with van der Waals surface area (Å²) in [4.78, 5) is 0. The number of hydrogen-bond donors (Lipinski definition) is 1. The predicted octanol–water partition coefficient (Wildman–Crippen LogP) is 7.42. The Bertz CT molecular complexity index is 1270. The predicted molar refractivity (Wildman–Crippen MR) is 121 cm³/mol. The first-order valence-electron chi connectivity index (χ1n) is 11.2. The highest BCUT2D eigenvalue weighted by atomic mass is 19.2. The van der Waals surface area contributed by atoms with Crippen LogP contribution in [0.3, 0.4) is 0 Å². The molecule has 0 spiro atoms. The zero-order chi connectivity index (χ0) is 25.1. The Hall–Kier alpha value is -3.55. The molecule has 0 aromatic heterocycles. The van der Waals surface area contributed by atoms with E-state index in [-0.39, 0.29) is 36.2 Å². The first-order chi connectivity index (χ1) is 16.8. The van der Waals surface area contributed by atoms with Crippen LogP contribution in [-0.4, -0.2) is 11.7 Å². The first kappa shape index (κ1) is 24.6. The zero-order valence-electron chi connectivity index (χ0n) is 18.9. The van der Waals surface area contributed by atoms with E-state index in [1.54, 1.807) is 25.1 Å². The summed E-state index contributed by atoms with van der Waals surface area (Å²) in [6.07, 6.45) is 3.13. The topological polar surface area (TPSA) is 38.7 Å². The van der Waals surface area contributed by atoms with Gasteiger partial charge in [-0.2, -0.15) is 13.2 Å². The average Bonchev–Trinajstić information content (AvgIpc) is 2.85. The number of aromatic hydroxyl groups is 1. The van der Waals surface area contributed by atoms with Gasteiger partial charge in [0.25, 0.3) is 0 Å². The van der Waals surface area contributed by atoms with Crippen LogP contribution >= 0.6 is 0 Å². The largest absolute Gasteiger partial charge is 0.505 e. The SMILES string of the molecule is CCOc1ccc(OCc2ccc(C3=CCC(c4ccc(O)c(F)c4F)CC3)c(F)c2)c(F)c1F. The van der Waals surface area contributed by atoms with Gasteiger partial charge in [-0.1, -0.05) is 24.3 Å². The first-order valence-corrected chi connectivity index (χ1v) is 11.2. The monoisotopic (exact) mass is 490 g/mol. The lowest BCUT2D eigenvalue weighted by Gasteiger charge is -2.23. The van der Waals surface area contributed by atoms with Crippen molar-refractivity contribution < 1.29 is 36.5 Å². The minimum absolute atomic E-state index is 0.172.